The van der Waals surface area contributed by atoms with Crippen LogP contribution >= 0.6 is 0 Å². The SMILES string of the molecule is C=C(C)CC(C(=O)OCC)C(=O)OCC. The summed E-state index contributed by atoms with van der Waals surface area (Å²) < 4.78 is 9.58. The van der Waals surface area contributed by atoms with Gasteiger partial charge in [-0.2, -0.15) is 0 Å². The number of carbonyl (C=O) groups is 2. The average molecular weight is 214 g/mol. The van der Waals surface area contributed by atoms with Gasteiger partial charge in [-0.05, 0) is 27.2 Å². The van der Waals surface area contributed by atoms with E-state index in [-0.39, 0.29) is 19.6 Å². The second kappa shape index (κ2) is 7.04. The van der Waals surface area contributed by atoms with Gasteiger partial charge in [-0.1, -0.05) is 5.57 Å². The molecule has 0 unspecified atom stereocenters. The molecule has 0 amide bonds. The van der Waals surface area contributed by atoms with Crippen LogP contribution in [-0.4, -0.2) is 25.2 Å². The monoisotopic (exact) mass is 214 g/mol. The lowest BCUT2D eigenvalue weighted by Crippen LogP contribution is -2.28. The summed E-state index contributed by atoms with van der Waals surface area (Å²) in [5.74, 6) is -1.96. The molecule has 0 aliphatic heterocycles. The minimum absolute atomic E-state index is 0.255. The summed E-state index contributed by atoms with van der Waals surface area (Å²) in [6.45, 7) is 9.32. The quantitative estimate of drug-likeness (QED) is 0.383. The number of hydrogen-bond acceptors (Lipinski definition) is 4. The van der Waals surface area contributed by atoms with E-state index in [4.69, 9.17) is 9.47 Å². The van der Waals surface area contributed by atoms with E-state index in [2.05, 4.69) is 6.58 Å². The van der Waals surface area contributed by atoms with Crippen molar-refractivity contribution in [1.82, 2.24) is 0 Å². The van der Waals surface area contributed by atoms with Crippen LogP contribution in [0.5, 0.6) is 0 Å². The maximum atomic E-state index is 11.4. The van der Waals surface area contributed by atoms with Gasteiger partial charge in [0.05, 0.1) is 13.2 Å². The molecule has 0 N–H and O–H groups in total. The van der Waals surface area contributed by atoms with E-state index in [9.17, 15) is 9.59 Å². The van der Waals surface area contributed by atoms with Crippen molar-refractivity contribution in [3.63, 3.8) is 0 Å². The molecule has 4 heteroatoms. The maximum Gasteiger partial charge on any atom is 0.320 e. The van der Waals surface area contributed by atoms with Crippen LogP contribution in [0.15, 0.2) is 12.2 Å². The highest BCUT2D eigenvalue weighted by molar-refractivity contribution is 5.95. The Kier molecular flexibility index (Phi) is 6.42. The zero-order valence-electron chi connectivity index (χ0n) is 9.54. The fourth-order valence-corrected chi connectivity index (χ4v) is 1.10. The third-order valence-electron chi connectivity index (χ3n) is 1.69. The molecule has 0 spiro atoms. The number of carbonyl (C=O) groups excluding carboxylic acids is 2. The number of hydrogen-bond donors (Lipinski definition) is 0. The Balaban J connectivity index is 4.49. The van der Waals surface area contributed by atoms with Gasteiger partial charge in [0, 0.05) is 0 Å². The molecule has 0 radical (unpaired) electrons. The van der Waals surface area contributed by atoms with Crippen molar-refractivity contribution >= 4 is 11.9 Å². The second-order valence-electron chi connectivity index (χ2n) is 3.22. The summed E-state index contributed by atoms with van der Waals surface area (Å²) in [5, 5.41) is 0. The molecule has 0 atom stereocenters. The summed E-state index contributed by atoms with van der Waals surface area (Å²) in [7, 11) is 0. The third kappa shape index (κ3) is 5.20. The first-order valence-electron chi connectivity index (χ1n) is 5.00. The number of allylic oxidation sites excluding steroid dienone is 1. The van der Waals surface area contributed by atoms with Gasteiger partial charge in [0.2, 0.25) is 0 Å². The second-order valence-corrected chi connectivity index (χ2v) is 3.22. The van der Waals surface area contributed by atoms with Crippen LogP contribution in [-0.2, 0) is 19.1 Å². The van der Waals surface area contributed by atoms with E-state index < -0.39 is 17.9 Å². The van der Waals surface area contributed by atoms with Gasteiger partial charge in [0.25, 0.3) is 0 Å². The predicted octanol–water partition coefficient (Wildman–Crippen LogP) is 1.70. The van der Waals surface area contributed by atoms with Crippen LogP contribution in [0.25, 0.3) is 0 Å². The Morgan fingerprint density at radius 2 is 1.53 bits per heavy atom. The minimum Gasteiger partial charge on any atom is -0.465 e. The van der Waals surface area contributed by atoms with Crippen molar-refractivity contribution in [2.75, 3.05) is 13.2 Å². The van der Waals surface area contributed by atoms with Crippen molar-refractivity contribution in [2.24, 2.45) is 5.92 Å². The molecule has 86 valence electrons. The van der Waals surface area contributed by atoms with Crippen molar-refractivity contribution < 1.29 is 19.1 Å². The molecular weight excluding hydrogens is 196 g/mol. The number of rotatable bonds is 6. The molecule has 0 rings (SSSR count). The molecule has 0 aliphatic carbocycles. The van der Waals surface area contributed by atoms with Crippen LogP contribution in [0.3, 0.4) is 0 Å². The Bertz CT molecular complexity index is 227. The van der Waals surface area contributed by atoms with Crippen molar-refractivity contribution in [2.45, 2.75) is 27.2 Å². The standard InChI is InChI=1S/C11H18O4/c1-5-14-10(12)9(7-8(3)4)11(13)15-6-2/h9H,3,5-7H2,1-2,4H3. The van der Waals surface area contributed by atoms with Crippen molar-refractivity contribution in [3.05, 3.63) is 12.2 Å². The van der Waals surface area contributed by atoms with Gasteiger partial charge in [0.1, 0.15) is 0 Å². The molecule has 0 aromatic heterocycles. The molecule has 0 heterocycles. The first-order valence-corrected chi connectivity index (χ1v) is 5.00. The van der Waals surface area contributed by atoms with Crippen molar-refractivity contribution in [3.8, 4) is 0 Å². The maximum absolute atomic E-state index is 11.4. The Morgan fingerprint density at radius 3 is 1.80 bits per heavy atom. The molecule has 0 aliphatic rings. The first kappa shape index (κ1) is 13.7. The van der Waals surface area contributed by atoms with Crippen LogP contribution in [0.4, 0.5) is 0 Å². The highest BCUT2D eigenvalue weighted by Gasteiger charge is 2.29. The van der Waals surface area contributed by atoms with E-state index in [1.54, 1.807) is 20.8 Å². The van der Waals surface area contributed by atoms with Gasteiger partial charge < -0.3 is 9.47 Å². The minimum atomic E-state index is -0.873. The van der Waals surface area contributed by atoms with Crippen LogP contribution in [0.1, 0.15) is 27.2 Å². The number of ether oxygens (including phenoxy) is 2. The molecule has 0 saturated heterocycles. The molecule has 4 nitrogen and oxygen atoms in total. The molecule has 0 fully saturated rings. The lowest BCUT2D eigenvalue weighted by Gasteiger charge is -2.13. The lowest BCUT2D eigenvalue weighted by atomic mass is 10.0. The zero-order chi connectivity index (χ0) is 11.8. The Labute approximate surface area is 90.2 Å². The molecule has 0 aromatic carbocycles. The topological polar surface area (TPSA) is 52.6 Å². The predicted molar refractivity (Wildman–Crippen MR) is 56.2 cm³/mol. The number of esters is 2. The average Bonchev–Trinajstić information content (AvgIpc) is 2.14. The summed E-state index contributed by atoms with van der Waals surface area (Å²) in [6, 6.07) is 0. The summed E-state index contributed by atoms with van der Waals surface area (Å²) >= 11 is 0. The zero-order valence-corrected chi connectivity index (χ0v) is 9.54. The fraction of sp³-hybridized carbons (Fsp3) is 0.636. The van der Waals surface area contributed by atoms with E-state index >= 15 is 0 Å². The van der Waals surface area contributed by atoms with Crippen LogP contribution in [0, 0.1) is 5.92 Å². The van der Waals surface area contributed by atoms with E-state index in [0.717, 1.165) is 5.57 Å². The van der Waals surface area contributed by atoms with Gasteiger partial charge >= 0.3 is 11.9 Å². The molecule has 0 aromatic rings. The molecule has 15 heavy (non-hydrogen) atoms. The smallest absolute Gasteiger partial charge is 0.320 e. The van der Waals surface area contributed by atoms with Crippen LogP contribution < -0.4 is 0 Å². The summed E-state index contributed by atoms with van der Waals surface area (Å²) in [5.41, 5.74) is 0.751. The fourth-order valence-electron chi connectivity index (χ4n) is 1.10. The largest absolute Gasteiger partial charge is 0.465 e. The van der Waals surface area contributed by atoms with Crippen molar-refractivity contribution in [1.29, 1.82) is 0 Å². The molecule has 0 bridgehead atoms. The van der Waals surface area contributed by atoms with Gasteiger partial charge in [-0.15, -0.1) is 6.58 Å². The lowest BCUT2D eigenvalue weighted by molar-refractivity contribution is -0.161. The van der Waals surface area contributed by atoms with Gasteiger partial charge in [-0.25, -0.2) is 0 Å². The highest BCUT2D eigenvalue weighted by Crippen LogP contribution is 2.13. The van der Waals surface area contributed by atoms with E-state index in [0.29, 0.717) is 0 Å². The van der Waals surface area contributed by atoms with Gasteiger partial charge in [0.15, 0.2) is 5.92 Å². The van der Waals surface area contributed by atoms with E-state index in [1.807, 2.05) is 0 Å². The van der Waals surface area contributed by atoms with Crippen LogP contribution in [0.2, 0.25) is 0 Å². The Hall–Kier alpha value is -1.32. The van der Waals surface area contributed by atoms with E-state index in [1.165, 1.54) is 0 Å². The highest BCUT2D eigenvalue weighted by atomic mass is 16.6. The third-order valence-corrected chi connectivity index (χ3v) is 1.69. The summed E-state index contributed by atoms with van der Waals surface area (Å²) in [4.78, 5) is 22.9. The first-order chi connectivity index (χ1) is 7.02. The van der Waals surface area contributed by atoms with Gasteiger partial charge in [-0.3, -0.25) is 9.59 Å². The normalized spacial score (nSPS) is 9.87. The summed E-state index contributed by atoms with van der Waals surface area (Å²) in [6.07, 6.45) is 0.275. The molecule has 0 saturated carbocycles. The Morgan fingerprint density at radius 1 is 1.13 bits per heavy atom. The molecular formula is C11H18O4.